The van der Waals surface area contributed by atoms with E-state index in [9.17, 15) is 10.2 Å². The van der Waals surface area contributed by atoms with Gasteiger partial charge in [-0.3, -0.25) is 0 Å². The molecule has 0 aromatic rings. The van der Waals surface area contributed by atoms with Gasteiger partial charge >= 0.3 is 0 Å². The highest BCUT2D eigenvalue weighted by atomic mass is 16.5. The summed E-state index contributed by atoms with van der Waals surface area (Å²) in [5.41, 5.74) is -1.25. The van der Waals surface area contributed by atoms with Crippen molar-refractivity contribution < 1.29 is 15.4 Å². The molecule has 3 N–H and O–H groups in total. The molecule has 0 aromatic carbocycles. The lowest BCUT2D eigenvalue weighted by atomic mass is 10.0. The van der Waals surface area contributed by atoms with Crippen LogP contribution in [0.5, 0.6) is 0 Å². The van der Waals surface area contributed by atoms with Gasteiger partial charge in [-0.1, -0.05) is 6.92 Å². The number of aliphatic hydroxyl groups excluding tert-OH is 1. The van der Waals surface area contributed by atoms with Gasteiger partial charge in [-0.05, 0) is 20.3 Å². The van der Waals surface area contributed by atoms with Crippen molar-refractivity contribution in [1.29, 1.82) is 0 Å². The zero-order chi connectivity index (χ0) is 9.07. The Morgan fingerprint density at radius 2 is 1.91 bits per heavy atom. The van der Waals surface area contributed by atoms with Gasteiger partial charge in [-0.25, -0.2) is 0 Å². The smallest absolute Gasteiger partial charge is 0.157 e. The standard InChI is InChI=1S/C7H17NO3/c1-4-7(3,10)6(9)8(11)5-2/h6,9-11H,4-5H2,1-3H3. The Balaban J connectivity index is 4.10. The molecular weight excluding hydrogens is 146 g/mol. The molecule has 0 rings (SSSR count). The van der Waals surface area contributed by atoms with Gasteiger partial charge in [-0.2, -0.15) is 5.06 Å². The molecule has 0 aliphatic rings. The Hall–Kier alpha value is -0.160. The fourth-order valence-corrected chi connectivity index (χ4v) is 0.677. The number of aliphatic hydroxyl groups is 2. The Morgan fingerprint density at radius 3 is 2.18 bits per heavy atom. The Labute approximate surface area is 67.0 Å². The van der Waals surface area contributed by atoms with Crippen molar-refractivity contribution >= 4 is 0 Å². The Morgan fingerprint density at radius 1 is 1.45 bits per heavy atom. The lowest BCUT2D eigenvalue weighted by molar-refractivity contribution is -0.252. The molecule has 0 aromatic heterocycles. The summed E-state index contributed by atoms with van der Waals surface area (Å²) < 4.78 is 0. The van der Waals surface area contributed by atoms with Gasteiger partial charge in [0.15, 0.2) is 6.23 Å². The highest BCUT2D eigenvalue weighted by Gasteiger charge is 2.31. The zero-order valence-corrected chi connectivity index (χ0v) is 7.28. The van der Waals surface area contributed by atoms with E-state index in [4.69, 9.17) is 5.21 Å². The molecular formula is C7H17NO3. The normalized spacial score (nSPS) is 19.9. The molecule has 0 radical (unpaired) electrons. The first-order valence-corrected chi connectivity index (χ1v) is 3.81. The Bertz CT molecular complexity index is 116. The molecule has 4 heteroatoms. The van der Waals surface area contributed by atoms with E-state index in [1.807, 2.05) is 0 Å². The molecule has 0 aliphatic carbocycles. The average Bonchev–Trinajstić information content (AvgIpc) is 2.01. The third-order valence-corrected chi connectivity index (χ3v) is 1.88. The van der Waals surface area contributed by atoms with E-state index >= 15 is 0 Å². The summed E-state index contributed by atoms with van der Waals surface area (Å²) in [6.07, 6.45) is -0.817. The van der Waals surface area contributed by atoms with Crippen molar-refractivity contribution in [2.45, 2.75) is 39.0 Å². The fraction of sp³-hybridized carbons (Fsp3) is 1.00. The first-order valence-electron chi connectivity index (χ1n) is 3.81. The number of hydroxylamine groups is 2. The van der Waals surface area contributed by atoms with Gasteiger partial charge in [0, 0.05) is 6.54 Å². The molecule has 0 amide bonds. The van der Waals surface area contributed by atoms with Gasteiger partial charge < -0.3 is 15.4 Å². The van der Waals surface area contributed by atoms with E-state index in [0.29, 0.717) is 11.5 Å². The van der Waals surface area contributed by atoms with Crippen LogP contribution in [-0.2, 0) is 0 Å². The maximum Gasteiger partial charge on any atom is 0.157 e. The molecule has 0 bridgehead atoms. The van der Waals surface area contributed by atoms with Crippen LogP contribution in [0.3, 0.4) is 0 Å². The highest BCUT2D eigenvalue weighted by molar-refractivity contribution is 4.76. The fourth-order valence-electron chi connectivity index (χ4n) is 0.677. The third kappa shape index (κ3) is 2.75. The summed E-state index contributed by atoms with van der Waals surface area (Å²) in [7, 11) is 0. The van der Waals surface area contributed by atoms with E-state index in [1.54, 1.807) is 13.8 Å². The molecule has 0 spiro atoms. The van der Waals surface area contributed by atoms with Crippen molar-refractivity contribution in [3.63, 3.8) is 0 Å². The molecule has 0 heterocycles. The first-order chi connectivity index (χ1) is 4.95. The molecule has 2 atom stereocenters. The SMILES string of the molecule is CCN(O)C(O)C(C)(O)CC. The molecule has 0 aliphatic heterocycles. The van der Waals surface area contributed by atoms with Crippen LogP contribution in [-0.4, -0.2) is 38.9 Å². The summed E-state index contributed by atoms with van der Waals surface area (Å²) >= 11 is 0. The van der Waals surface area contributed by atoms with E-state index in [1.165, 1.54) is 6.92 Å². The maximum atomic E-state index is 9.44. The van der Waals surface area contributed by atoms with Crippen molar-refractivity contribution in [3.05, 3.63) is 0 Å². The second-order valence-electron chi connectivity index (χ2n) is 2.84. The second-order valence-corrected chi connectivity index (χ2v) is 2.84. The van der Waals surface area contributed by atoms with Gasteiger partial charge in [-0.15, -0.1) is 0 Å². The zero-order valence-electron chi connectivity index (χ0n) is 7.28. The number of rotatable bonds is 4. The van der Waals surface area contributed by atoms with E-state index in [0.717, 1.165) is 0 Å². The van der Waals surface area contributed by atoms with Crippen LogP contribution in [0.1, 0.15) is 27.2 Å². The predicted octanol–water partition coefficient (Wildman–Crippen LogP) is 0.177. The molecule has 0 saturated heterocycles. The highest BCUT2D eigenvalue weighted by Crippen LogP contribution is 2.15. The summed E-state index contributed by atoms with van der Waals surface area (Å²) in [5, 5.41) is 28.4. The first kappa shape index (κ1) is 10.8. The minimum Gasteiger partial charge on any atom is -0.386 e. The van der Waals surface area contributed by atoms with Crippen molar-refractivity contribution in [2.24, 2.45) is 0 Å². The lowest BCUT2D eigenvalue weighted by Gasteiger charge is -2.32. The summed E-state index contributed by atoms with van der Waals surface area (Å²) in [6.45, 7) is 5.20. The number of hydrogen-bond donors (Lipinski definition) is 3. The van der Waals surface area contributed by atoms with Crippen LogP contribution in [0.25, 0.3) is 0 Å². The molecule has 68 valence electrons. The molecule has 0 saturated carbocycles. The van der Waals surface area contributed by atoms with E-state index < -0.39 is 11.8 Å². The van der Waals surface area contributed by atoms with Crippen molar-refractivity contribution in [1.82, 2.24) is 5.06 Å². The molecule has 11 heavy (non-hydrogen) atoms. The van der Waals surface area contributed by atoms with Gasteiger partial charge in [0.2, 0.25) is 0 Å². The predicted molar refractivity (Wildman–Crippen MR) is 41.1 cm³/mol. The third-order valence-electron chi connectivity index (χ3n) is 1.88. The lowest BCUT2D eigenvalue weighted by Crippen LogP contribution is -2.49. The largest absolute Gasteiger partial charge is 0.386 e. The number of likely N-dealkylation sites (N-methyl/N-ethyl adjacent to an activating group) is 1. The summed E-state index contributed by atoms with van der Waals surface area (Å²) in [6, 6.07) is 0. The molecule has 0 fully saturated rings. The number of hydrogen-bond acceptors (Lipinski definition) is 4. The van der Waals surface area contributed by atoms with Crippen LogP contribution >= 0.6 is 0 Å². The maximum absolute atomic E-state index is 9.44. The summed E-state index contributed by atoms with van der Waals surface area (Å²) in [4.78, 5) is 0. The van der Waals surface area contributed by atoms with Crippen LogP contribution in [0.4, 0.5) is 0 Å². The van der Waals surface area contributed by atoms with Crippen molar-refractivity contribution in [2.75, 3.05) is 6.54 Å². The van der Waals surface area contributed by atoms with Gasteiger partial charge in [0.05, 0.1) is 0 Å². The van der Waals surface area contributed by atoms with Crippen LogP contribution in [0, 0.1) is 0 Å². The van der Waals surface area contributed by atoms with E-state index in [2.05, 4.69) is 0 Å². The van der Waals surface area contributed by atoms with Crippen LogP contribution < -0.4 is 0 Å². The number of nitrogens with zero attached hydrogens (tertiary/aromatic N) is 1. The van der Waals surface area contributed by atoms with Gasteiger partial charge in [0.1, 0.15) is 5.60 Å². The second kappa shape index (κ2) is 4.01. The van der Waals surface area contributed by atoms with Crippen molar-refractivity contribution in [3.8, 4) is 0 Å². The van der Waals surface area contributed by atoms with Gasteiger partial charge in [0.25, 0.3) is 0 Å². The van der Waals surface area contributed by atoms with E-state index in [-0.39, 0.29) is 6.54 Å². The van der Waals surface area contributed by atoms with Crippen LogP contribution in [0.2, 0.25) is 0 Å². The van der Waals surface area contributed by atoms with Crippen LogP contribution in [0.15, 0.2) is 0 Å². The molecule has 2 unspecified atom stereocenters. The minimum atomic E-state index is -1.25. The quantitative estimate of drug-likeness (QED) is 0.408. The topological polar surface area (TPSA) is 63.9 Å². The summed E-state index contributed by atoms with van der Waals surface area (Å²) in [5.74, 6) is 0. The minimum absolute atomic E-state index is 0.289. The average molecular weight is 163 g/mol. The molecule has 4 nitrogen and oxygen atoms in total. The monoisotopic (exact) mass is 163 g/mol. The Kier molecular flexibility index (Phi) is 3.96.